The van der Waals surface area contributed by atoms with Gasteiger partial charge in [0.25, 0.3) is 0 Å². The van der Waals surface area contributed by atoms with Crippen LogP contribution in [0.1, 0.15) is 33.6 Å². The molecule has 0 saturated carbocycles. The maximum atomic E-state index is 8.86. The van der Waals surface area contributed by atoms with Gasteiger partial charge in [-0.2, -0.15) is 0 Å². The van der Waals surface area contributed by atoms with Gasteiger partial charge >= 0.3 is 0 Å². The van der Waals surface area contributed by atoms with E-state index >= 15 is 0 Å². The monoisotopic (exact) mass is 194 g/mol. The molecule has 0 bridgehead atoms. The summed E-state index contributed by atoms with van der Waals surface area (Å²) >= 11 is 0. The first-order chi connectivity index (χ1) is 5.83. The van der Waals surface area contributed by atoms with E-state index in [-0.39, 0.29) is 19.3 Å². The molecular formula is C9H22O4. The number of aliphatic hydroxyl groups excluding tert-OH is 3. The fourth-order valence-corrected chi connectivity index (χ4v) is 0.460. The summed E-state index contributed by atoms with van der Waals surface area (Å²) in [5.74, 6) is 0. The van der Waals surface area contributed by atoms with Crippen LogP contribution in [-0.2, 0) is 0 Å². The lowest BCUT2D eigenvalue weighted by Crippen LogP contribution is -2.19. The highest BCUT2D eigenvalue weighted by Crippen LogP contribution is 2.04. The van der Waals surface area contributed by atoms with Crippen molar-refractivity contribution in [1.29, 1.82) is 0 Å². The lowest BCUT2D eigenvalue weighted by atomic mass is 10.1. The van der Waals surface area contributed by atoms with Crippen LogP contribution in [0.3, 0.4) is 0 Å². The second kappa shape index (κ2) is 8.44. The summed E-state index contributed by atoms with van der Waals surface area (Å²) in [4.78, 5) is 0. The second-order valence-corrected chi connectivity index (χ2v) is 3.65. The predicted octanol–water partition coefficient (Wildman–Crippen LogP) is -0.111. The molecule has 0 rings (SSSR count). The third kappa shape index (κ3) is 24.5. The maximum absolute atomic E-state index is 8.86. The molecule has 1 atom stereocenters. The van der Waals surface area contributed by atoms with Gasteiger partial charge in [-0.05, 0) is 33.6 Å². The van der Waals surface area contributed by atoms with Crippen LogP contribution in [0.2, 0.25) is 0 Å². The molecule has 0 spiro atoms. The van der Waals surface area contributed by atoms with E-state index in [2.05, 4.69) is 0 Å². The van der Waals surface area contributed by atoms with Gasteiger partial charge in [-0.3, -0.25) is 0 Å². The van der Waals surface area contributed by atoms with Crippen molar-refractivity contribution in [2.45, 2.75) is 45.3 Å². The Balaban J connectivity index is 0. The average Bonchev–Trinajstić information content (AvgIpc) is 1.84. The molecule has 82 valence electrons. The van der Waals surface area contributed by atoms with Gasteiger partial charge in [0, 0.05) is 13.2 Å². The summed E-state index contributed by atoms with van der Waals surface area (Å²) in [5, 5.41) is 33.6. The van der Waals surface area contributed by atoms with Gasteiger partial charge in [0.05, 0.1) is 11.7 Å². The van der Waals surface area contributed by atoms with Crippen molar-refractivity contribution in [2.24, 2.45) is 0 Å². The van der Waals surface area contributed by atoms with Crippen LogP contribution in [0, 0.1) is 0 Å². The summed E-state index contributed by atoms with van der Waals surface area (Å²) in [6.45, 7) is 5.13. The highest BCUT2D eigenvalue weighted by Gasteiger charge is 2.09. The Morgan fingerprint density at radius 2 is 1.62 bits per heavy atom. The second-order valence-electron chi connectivity index (χ2n) is 3.65. The molecule has 4 N–H and O–H groups in total. The van der Waals surface area contributed by atoms with E-state index in [1.165, 1.54) is 0 Å². The number of hydrogen-bond donors (Lipinski definition) is 4. The summed E-state index contributed by atoms with van der Waals surface area (Å²) in [5.41, 5.74) is -0.700. The Kier molecular flexibility index (Phi) is 9.94. The van der Waals surface area contributed by atoms with Crippen molar-refractivity contribution in [3.05, 3.63) is 0 Å². The van der Waals surface area contributed by atoms with Gasteiger partial charge in [-0.15, -0.1) is 0 Å². The smallest absolute Gasteiger partial charge is 0.0613 e. The molecule has 13 heavy (non-hydrogen) atoms. The van der Waals surface area contributed by atoms with Crippen LogP contribution in [0.25, 0.3) is 0 Å². The van der Waals surface area contributed by atoms with Gasteiger partial charge in [0.1, 0.15) is 0 Å². The van der Waals surface area contributed by atoms with E-state index in [0.717, 1.165) is 0 Å². The molecule has 0 aliphatic carbocycles. The SMILES string of the molecule is CC(C)(O)CCO.CC(O)CCO. The van der Waals surface area contributed by atoms with E-state index in [1.807, 2.05) is 0 Å². The first-order valence-corrected chi connectivity index (χ1v) is 4.45. The van der Waals surface area contributed by atoms with Crippen LogP contribution in [0.15, 0.2) is 0 Å². The Morgan fingerprint density at radius 1 is 1.15 bits per heavy atom. The number of rotatable bonds is 4. The minimum atomic E-state index is -0.700. The summed E-state index contributed by atoms with van der Waals surface area (Å²) in [6.07, 6.45) is 0.586. The van der Waals surface area contributed by atoms with E-state index < -0.39 is 5.60 Å². The third-order valence-electron chi connectivity index (χ3n) is 1.27. The molecule has 0 heterocycles. The van der Waals surface area contributed by atoms with Crippen LogP contribution in [-0.4, -0.2) is 45.3 Å². The fourth-order valence-electron chi connectivity index (χ4n) is 0.460. The van der Waals surface area contributed by atoms with Gasteiger partial charge in [0.2, 0.25) is 0 Å². The third-order valence-corrected chi connectivity index (χ3v) is 1.27. The zero-order valence-electron chi connectivity index (χ0n) is 8.69. The Morgan fingerprint density at radius 3 is 1.62 bits per heavy atom. The molecule has 0 radical (unpaired) electrons. The lowest BCUT2D eigenvalue weighted by molar-refractivity contribution is 0.0515. The zero-order chi connectivity index (χ0) is 10.9. The van der Waals surface area contributed by atoms with Crippen LogP contribution in [0.5, 0.6) is 0 Å². The van der Waals surface area contributed by atoms with E-state index in [4.69, 9.17) is 20.4 Å². The van der Waals surface area contributed by atoms with E-state index in [1.54, 1.807) is 20.8 Å². The highest BCUT2D eigenvalue weighted by atomic mass is 16.3. The van der Waals surface area contributed by atoms with Crippen LogP contribution < -0.4 is 0 Å². The van der Waals surface area contributed by atoms with E-state index in [0.29, 0.717) is 12.8 Å². The minimum Gasteiger partial charge on any atom is -0.396 e. The standard InChI is InChI=1S/C5H12O2.C4H10O2/c1-5(2,7)3-4-6;1-4(6)2-3-5/h6-7H,3-4H2,1-2H3;4-6H,2-3H2,1H3. The van der Waals surface area contributed by atoms with Gasteiger partial charge in [0.15, 0.2) is 0 Å². The molecule has 0 amide bonds. The van der Waals surface area contributed by atoms with Crippen LogP contribution in [0.4, 0.5) is 0 Å². The predicted molar refractivity (Wildman–Crippen MR) is 51.4 cm³/mol. The molecule has 0 aromatic carbocycles. The Bertz CT molecular complexity index is 96.3. The lowest BCUT2D eigenvalue weighted by Gasteiger charge is -2.13. The molecule has 0 aliphatic rings. The first kappa shape index (κ1) is 15.3. The summed E-state index contributed by atoms with van der Waals surface area (Å²) < 4.78 is 0. The van der Waals surface area contributed by atoms with Gasteiger partial charge < -0.3 is 20.4 Å². The molecule has 1 unspecified atom stereocenters. The largest absolute Gasteiger partial charge is 0.396 e. The Hall–Kier alpha value is -0.160. The maximum Gasteiger partial charge on any atom is 0.0613 e. The molecule has 0 aromatic rings. The Labute approximate surface area is 79.8 Å². The molecule has 4 nitrogen and oxygen atoms in total. The quantitative estimate of drug-likeness (QED) is 0.503. The topological polar surface area (TPSA) is 80.9 Å². The van der Waals surface area contributed by atoms with E-state index in [9.17, 15) is 0 Å². The van der Waals surface area contributed by atoms with Crippen molar-refractivity contribution < 1.29 is 20.4 Å². The fraction of sp³-hybridized carbons (Fsp3) is 1.00. The highest BCUT2D eigenvalue weighted by molar-refractivity contribution is 4.62. The minimum absolute atomic E-state index is 0.0590. The molecule has 0 aromatic heterocycles. The normalized spacial score (nSPS) is 13.2. The molecule has 0 saturated heterocycles. The van der Waals surface area contributed by atoms with Crippen molar-refractivity contribution in [3.8, 4) is 0 Å². The molecule has 0 aliphatic heterocycles. The number of hydrogen-bond acceptors (Lipinski definition) is 4. The van der Waals surface area contributed by atoms with Gasteiger partial charge in [-0.1, -0.05) is 0 Å². The van der Waals surface area contributed by atoms with Crippen LogP contribution >= 0.6 is 0 Å². The van der Waals surface area contributed by atoms with Crippen molar-refractivity contribution in [3.63, 3.8) is 0 Å². The number of aliphatic hydroxyl groups is 4. The van der Waals surface area contributed by atoms with Crippen molar-refractivity contribution >= 4 is 0 Å². The van der Waals surface area contributed by atoms with Crippen molar-refractivity contribution in [2.75, 3.05) is 13.2 Å². The van der Waals surface area contributed by atoms with Crippen molar-refractivity contribution in [1.82, 2.24) is 0 Å². The average molecular weight is 194 g/mol. The molecule has 0 fully saturated rings. The summed E-state index contributed by atoms with van der Waals surface area (Å²) in [7, 11) is 0. The van der Waals surface area contributed by atoms with Gasteiger partial charge in [-0.25, -0.2) is 0 Å². The molecular weight excluding hydrogens is 172 g/mol. The molecule has 4 heteroatoms. The zero-order valence-corrected chi connectivity index (χ0v) is 8.69. The first-order valence-electron chi connectivity index (χ1n) is 4.45. The summed E-state index contributed by atoms with van der Waals surface area (Å²) in [6, 6.07) is 0.